The lowest BCUT2D eigenvalue weighted by Crippen LogP contribution is -2.57. The van der Waals surface area contributed by atoms with Crippen molar-refractivity contribution < 1.29 is 23.8 Å². The maximum Gasteiger partial charge on any atom is 0.273 e. The van der Waals surface area contributed by atoms with Crippen molar-refractivity contribution in [2.24, 2.45) is 0 Å². The molecule has 0 spiro atoms. The number of methoxy groups -OCH3 is 1. The smallest absolute Gasteiger partial charge is 0.273 e. The molecule has 0 radical (unpaired) electrons. The van der Waals surface area contributed by atoms with E-state index in [2.05, 4.69) is 14.9 Å². The van der Waals surface area contributed by atoms with Gasteiger partial charge < -0.3 is 24.4 Å². The van der Waals surface area contributed by atoms with E-state index in [4.69, 9.17) is 9.47 Å². The molecule has 33 heavy (non-hydrogen) atoms. The number of nitrogens with zero attached hydrogens (tertiary/aromatic N) is 4. The van der Waals surface area contributed by atoms with E-state index < -0.39 is 6.04 Å². The number of carbonyl (C=O) groups excluding carboxylic acids is 1. The Morgan fingerprint density at radius 2 is 1.91 bits per heavy atom. The van der Waals surface area contributed by atoms with E-state index in [1.165, 1.54) is 43.6 Å². The summed E-state index contributed by atoms with van der Waals surface area (Å²) < 4.78 is 24.2. The minimum Gasteiger partial charge on any atom is -0.493 e. The molecule has 3 heterocycles. The number of ether oxygens (including phenoxy) is 2. The highest BCUT2D eigenvalue weighted by atomic mass is 19.1. The van der Waals surface area contributed by atoms with Crippen LogP contribution in [0.25, 0.3) is 0 Å². The van der Waals surface area contributed by atoms with E-state index in [9.17, 15) is 14.3 Å². The van der Waals surface area contributed by atoms with E-state index in [0.29, 0.717) is 36.9 Å². The Bertz CT molecular complexity index is 1110. The highest BCUT2D eigenvalue weighted by molar-refractivity contribution is 5.93. The van der Waals surface area contributed by atoms with Gasteiger partial charge in [-0.25, -0.2) is 9.37 Å². The number of piperazine rings is 1. The standard InChI is InChI=1S/C24H25FN4O4/c1-16-3-6-18(12-26-16)28-9-10-29(19(14-28)15-30)24(31)21-11-22(32-2)23(13-27-21)33-20-7-4-17(25)5-8-20/h3-8,11-13,19,30H,9-10,14-15H2,1-2H3/t19-/m1/s1. The second kappa shape index (κ2) is 9.83. The van der Waals surface area contributed by atoms with Gasteiger partial charge in [-0.05, 0) is 43.3 Å². The summed E-state index contributed by atoms with van der Waals surface area (Å²) in [7, 11) is 1.46. The maximum atomic E-state index is 13.2. The topological polar surface area (TPSA) is 88.0 Å². The fourth-order valence-electron chi connectivity index (χ4n) is 3.71. The second-order valence-corrected chi connectivity index (χ2v) is 7.72. The number of aryl methyl sites for hydroxylation is 1. The number of rotatable bonds is 6. The third-order valence-corrected chi connectivity index (χ3v) is 5.53. The Morgan fingerprint density at radius 3 is 2.58 bits per heavy atom. The molecule has 1 saturated heterocycles. The number of hydrogen-bond donors (Lipinski definition) is 1. The number of pyridine rings is 2. The molecule has 172 valence electrons. The number of anilines is 1. The minimum absolute atomic E-state index is 0.176. The van der Waals surface area contributed by atoms with Gasteiger partial charge in [0, 0.05) is 31.4 Å². The number of carbonyl (C=O) groups is 1. The van der Waals surface area contributed by atoms with Crippen molar-refractivity contribution in [1.82, 2.24) is 14.9 Å². The van der Waals surface area contributed by atoms with Crippen LogP contribution in [-0.4, -0.2) is 65.3 Å². The quantitative estimate of drug-likeness (QED) is 0.615. The van der Waals surface area contributed by atoms with Gasteiger partial charge in [0.15, 0.2) is 11.5 Å². The number of amides is 1. The first-order valence-corrected chi connectivity index (χ1v) is 10.6. The van der Waals surface area contributed by atoms with Gasteiger partial charge in [0.1, 0.15) is 17.3 Å². The van der Waals surface area contributed by atoms with Crippen molar-refractivity contribution in [3.05, 3.63) is 72.1 Å². The summed E-state index contributed by atoms with van der Waals surface area (Å²) >= 11 is 0. The zero-order valence-corrected chi connectivity index (χ0v) is 18.4. The molecule has 4 rings (SSSR count). The lowest BCUT2D eigenvalue weighted by atomic mass is 10.1. The van der Waals surface area contributed by atoms with E-state index in [-0.39, 0.29) is 24.0 Å². The van der Waals surface area contributed by atoms with Crippen molar-refractivity contribution in [2.75, 3.05) is 38.3 Å². The Balaban J connectivity index is 1.49. The summed E-state index contributed by atoms with van der Waals surface area (Å²) in [5.41, 5.74) is 2.06. The van der Waals surface area contributed by atoms with Gasteiger partial charge >= 0.3 is 0 Å². The van der Waals surface area contributed by atoms with Gasteiger partial charge in [0.25, 0.3) is 5.91 Å². The monoisotopic (exact) mass is 452 g/mol. The molecule has 8 nitrogen and oxygen atoms in total. The average molecular weight is 452 g/mol. The Hall–Kier alpha value is -3.72. The van der Waals surface area contributed by atoms with Gasteiger partial charge in [-0.2, -0.15) is 0 Å². The molecule has 1 amide bonds. The number of benzene rings is 1. The summed E-state index contributed by atoms with van der Waals surface area (Å²) in [6.07, 6.45) is 3.20. The van der Waals surface area contributed by atoms with Crippen LogP contribution in [0.3, 0.4) is 0 Å². The summed E-state index contributed by atoms with van der Waals surface area (Å²) in [6.45, 7) is 3.26. The van der Waals surface area contributed by atoms with Gasteiger partial charge in [0.05, 0.1) is 37.8 Å². The molecule has 0 bridgehead atoms. The lowest BCUT2D eigenvalue weighted by Gasteiger charge is -2.41. The van der Waals surface area contributed by atoms with Crippen molar-refractivity contribution >= 4 is 11.6 Å². The minimum atomic E-state index is -0.393. The van der Waals surface area contributed by atoms with Crippen molar-refractivity contribution in [3.63, 3.8) is 0 Å². The van der Waals surface area contributed by atoms with Crippen LogP contribution in [0.4, 0.5) is 10.1 Å². The second-order valence-electron chi connectivity index (χ2n) is 7.72. The summed E-state index contributed by atoms with van der Waals surface area (Å²) in [4.78, 5) is 25.5. The van der Waals surface area contributed by atoms with E-state index >= 15 is 0 Å². The normalized spacial score (nSPS) is 15.9. The molecule has 1 N–H and O–H groups in total. The predicted octanol–water partition coefficient (Wildman–Crippen LogP) is 3.05. The van der Waals surface area contributed by atoms with Gasteiger partial charge in [-0.3, -0.25) is 9.78 Å². The number of halogens is 1. The molecule has 0 unspecified atom stereocenters. The number of aliphatic hydroxyl groups excluding tert-OH is 1. The Labute approximate surface area is 191 Å². The van der Waals surface area contributed by atoms with Gasteiger partial charge in [-0.1, -0.05) is 0 Å². The largest absolute Gasteiger partial charge is 0.493 e. The van der Waals surface area contributed by atoms with Gasteiger partial charge in [-0.15, -0.1) is 0 Å². The van der Waals surface area contributed by atoms with Crippen LogP contribution in [0.15, 0.2) is 54.9 Å². The predicted molar refractivity (Wildman–Crippen MR) is 120 cm³/mol. The molecule has 0 aliphatic carbocycles. The maximum absolute atomic E-state index is 13.2. The third kappa shape index (κ3) is 5.04. The van der Waals surface area contributed by atoms with Crippen LogP contribution in [0, 0.1) is 12.7 Å². The van der Waals surface area contributed by atoms with Crippen molar-refractivity contribution in [1.29, 1.82) is 0 Å². The Morgan fingerprint density at radius 1 is 1.12 bits per heavy atom. The average Bonchev–Trinajstić information content (AvgIpc) is 2.85. The fraction of sp³-hybridized carbons (Fsp3) is 0.292. The molecule has 3 aromatic rings. The zero-order chi connectivity index (χ0) is 23.4. The van der Waals surface area contributed by atoms with Crippen LogP contribution in [-0.2, 0) is 0 Å². The first-order chi connectivity index (χ1) is 16.0. The van der Waals surface area contributed by atoms with E-state index in [1.54, 1.807) is 11.1 Å². The molecule has 1 aliphatic rings. The number of aromatic nitrogens is 2. The molecule has 9 heteroatoms. The summed E-state index contributed by atoms with van der Waals surface area (Å²) in [5.74, 6) is 0.365. The molecule has 1 aliphatic heterocycles. The van der Waals surface area contributed by atoms with Crippen LogP contribution in [0.1, 0.15) is 16.2 Å². The lowest BCUT2D eigenvalue weighted by molar-refractivity contribution is 0.0559. The molecule has 1 aromatic carbocycles. The molecular formula is C24H25FN4O4. The SMILES string of the molecule is COc1cc(C(=O)N2CCN(c3ccc(C)nc3)C[C@@H]2CO)ncc1Oc1ccc(F)cc1. The van der Waals surface area contributed by atoms with Crippen molar-refractivity contribution in [3.8, 4) is 17.2 Å². The molecule has 2 aromatic heterocycles. The van der Waals surface area contributed by atoms with Crippen LogP contribution in [0.5, 0.6) is 17.2 Å². The van der Waals surface area contributed by atoms with Crippen LogP contribution >= 0.6 is 0 Å². The van der Waals surface area contributed by atoms with Crippen molar-refractivity contribution in [2.45, 2.75) is 13.0 Å². The third-order valence-electron chi connectivity index (χ3n) is 5.53. The first kappa shape index (κ1) is 22.5. The first-order valence-electron chi connectivity index (χ1n) is 10.6. The Kier molecular flexibility index (Phi) is 6.69. The van der Waals surface area contributed by atoms with E-state index in [0.717, 1.165) is 11.4 Å². The number of hydrogen-bond acceptors (Lipinski definition) is 7. The summed E-state index contributed by atoms with van der Waals surface area (Å²) in [6, 6.07) is 10.6. The van der Waals surface area contributed by atoms with Crippen LogP contribution < -0.4 is 14.4 Å². The van der Waals surface area contributed by atoms with Gasteiger partial charge in [0.2, 0.25) is 0 Å². The fourth-order valence-corrected chi connectivity index (χ4v) is 3.71. The highest BCUT2D eigenvalue weighted by Gasteiger charge is 2.32. The highest BCUT2D eigenvalue weighted by Crippen LogP contribution is 2.32. The molecule has 1 atom stereocenters. The number of aliphatic hydroxyl groups is 1. The van der Waals surface area contributed by atoms with Crippen LogP contribution in [0.2, 0.25) is 0 Å². The molecule has 1 fully saturated rings. The summed E-state index contributed by atoms with van der Waals surface area (Å²) in [5, 5.41) is 9.97. The zero-order valence-electron chi connectivity index (χ0n) is 18.4. The molecule has 0 saturated carbocycles. The molecular weight excluding hydrogens is 427 g/mol. The van der Waals surface area contributed by atoms with E-state index in [1.807, 2.05) is 19.1 Å².